The summed E-state index contributed by atoms with van der Waals surface area (Å²) in [7, 11) is 0. The van der Waals surface area contributed by atoms with Gasteiger partial charge in [0.05, 0.1) is 18.1 Å². The second-order valence-corrected chi connectivity index (χ2v) is 8.34. The lowest BCUT2D eigenvalue weighted by molar-refractivity contribution is -0.122. The van der Waals surface area contributed by atoms with Crippen LogP contribution in [0.25, 0.3) is 0 Å². The highest BCUT2D eigenvalue weighted by Gasteiger charge is 2.37. The van der Waals surface area contributed by atoms with Crippen LogP contribution in [0, 0.1) is 5.92 Å². The van der Waals surface area contributed by atoms with Gasteiger partial charge in [0.15, 0.2) is 0 Å². The third kappa shape index (κ3) is 4.68. The molecule has 3 N–H and O–H groups in total. The number of amides is 2. The van der Waals surface area contributed by atoms with Crippen molar-refractivity contribution in [2.45, 2.75) is 64.2 Å². The summed E-state index contributed by atoms with van der Waals surface area (Å²) >= 11 is 0. The molecule has 1 aliphatic carbocycles. The minimum atomic E-state index is -0.456. The van der Waals surface area contributed by atoms with Crippen LogP contribution in [-0.2, 0) is 9.53 Å². The van der Waals surface area contributed by atoms with Gasteiger partial charge in [-0.1, -0.05) is 12.8 Å². The van der Waals surface area contributed by atoms with Gasteiger partial charge in [0, 0.05) is 29.9 Å². The average molecular weight is 373 g/mol. The number of hydrogen-bond donors (Lipinski definition) is 2. The molecule has 1 aliphatic heterocycles. The molecule has 4 atom stereocenters. The molecular formula is C21H31N3O3. The average Bonchev–Trinajstić information content (AvgIpc) is 2.60. The summed E-state index contributed by atoms with van der Waals surface area (Å²) in [6, 6.07) is 7.11. The minimum absolute atomic E-state index is 0.00306. The molecule has 6 nitrogen and oxygen atoms in total. The van der Waals surface area contributed by atoms with Gasteiger partial charge in [-0.15, -0.1) is 0 Å². The van der Waals surface area contributed by atoms with Crippen LogP contribution >= 0.6 is 0 Å². The number of nitrogens with two attached hydrogens (primary N) is 1. The molecule has 1 saturated carbocycles. The number of morpholine rings is 1. The van der Waals surface area contributed by atoms with Crippen LogP contribution in [0.1, 0.15) is 56.8 Å². The van der Waals surface area contributed by atoms with E-state index >= 15 is 0 Å². The molecule has 3 rings (SSSR count). The highest BCUT2D eigenvalue weighted by Crippen LogP contribution is 2.32. The minimum Gasteiger partial charge on any atom is -0.372 e. The second-order valence-electron chi connectivity index (χ2n) is 8.34. The van der Waals surface area contributed by atoms with Crippen molar-refractivity contribution in [2.24, 2.45) is 11.7 Å². The number of nitrogens with zero attached hydrogens (tertiary/aromatic N) is 1. The van der Waals surface area contributed by atoms with Crippen LogP contribution < -0.4 is 11.1 Å². The maximum Gasteiger partial charge on any atom is 0.254 e. The molecule has 2 aliphatic rings. The van der Waals surface area contributed by atoms with E-state index in [1.54, 1.807) is 24.3 Å². The van der Waals surface area contributed by atoms with E-state index in [1.807, 2.05) is 25.7 Å². The Labute approximate surface area is 161 Å². The highest BCUT2D eigenvalue weighted by atomic mass is 16.5. The summed E-state index contributed by atoms with van der Waals surface area (Å²) in [4.78, 5) is 27.2. The molecule has 4 unspecified atom stereocenters. The first kappa shape index (κ1) is 19.8. The van der Waals surface area contributed by atoms with E-state index in [0.717, 1.165) is 25.7 Å². The summed E-state index contributed by atoms with van der Waals surface area (Å²) < 4.78 is 5.69. The number of carbonyl (C=O) groups excluding carboxylic acids is 2. The largest absolute Gasteiger partial charge is 0.372 e. The van der Waals surface area contributed by atoms with Gasteiger partial charge in [-0.3, -0.25) is 9.59 Å². The van der Waals surface area contributed by atoms with Gasteiger partial charge in [-0.05, 0) is 57.9 Å². The summed E-state index contributed by atoms with van der Waals surface area (Å²) in [5.74, 6) is -0.213. The fourth-order valence-electron chi connectivity index (χ4n) is 4.24. The summed E-state index contributed by atoms with van der Waals surface area (Å²) in [5, 5.41) is 2.96. The maximum atomic E-state index is 12.7. The number of hydrogen-bond acceptors (Lipinski definition) is 4. The van der Waals surface area contributed by atoms with Gasteiger partial charge in [0.1, 0.15) is 0 Å². The number of carbonyl (C=O) groups is 2. The molecule has 1 aromatic rings. The Bertz CT molecular complexity index is 676. The lowest BCUT2D eigenvalue weighted by Crippen LogP contribution is -2.51. The van der Waals surface area contributed by atoms with Gasteiger partial charge in [-0.25, -0.2) is 0 Å². The molecule has 1 saturated heterocycles. The lowest BCUT2D eigenvalue weighted by Gasteiger charge is -2.37. The zero-order valence-electron chi connectivity index (χ0n) is 16.5. The Hall–Kier alpha value is -1.92. The third-order valence-electron chi connectivity index (χ3n) is 5.68. The fraction of sp³-hybridized carbons (Fsp3) is 0.619. The molecule has 0 aromatic heterocycles. The second kappa shape index (κ2) is 7.98. The normalized spacial score (nSPS) is 31.4. The SMILES string of the molecule is CC1CN(C(=O)c2ccc(NC(=O)C3CCCCC3(C)N)cc2)CC(C)O1. The van der Waals surface area contributed by atoms with E-state index in [0.29, 0.717) is 24.3 Å². The maximum absolute atomic E-state index is 12.7. The molecule has 1 aromatic carbocycles. The van der Waals surface area contributed by atoms with Crippen LogP contribution in [0.3, 0.4) is 0 Å². The molecule has 1 heterocycles. The molecule has 27 heavy (non-hydrogen) atoms. The van der Waals surface area contributed by atoms with Gasteiger partial charge in [0.2, 0.25) is 5.91 Å². The van der Waals surface area contributed by atoms with Crippen molar-refractivity contribution < 1.29 is 14.3 Å². The van der Waals surface area contributed by atoms with E-state index in [9.17, 15) is 9.59 Å². The quantitative estimate of drug-likeness (QED) is 0.853. The monoisotopic (exact) mass is 373 g/mol. The van der Waals surface area contributed by atoms with Crippen LogP contribution in [0.4, 0.5) is 5.69 Å². The zero-order chi connectivity index (χ0) is 19.6. The third-order valence-corrected chi connectivity index (χ3v) is 5.68. The van der Waals surface area contributed by atoms with Crippen LogP contribution in [-0.4, -0.2) is 47.6 Å². The molecule has 0 bridgehead atoms. The molecule has 0 spiro atoms. The number of nitrogens with one attached hydrogen (secondary N) is 1. The van der Waals surface area contributed by atoms with Gasteiger partial charge >= 0.3 is 0 Å². The Morgan fingerprint density at radius 1 is 1.15 bits per heavy atom. The molecule has 0 radical (unpaired) electrons. The zero-order valence-corrected chi connectivity index (χ0v) is 16.5. The van der Waals surface area contributed by atoms with E-state index in [-0.39, 0.29) is 29.9 Å². The van der Waals surface area contributed by atoms with E-state index in [4.69, 9.17) is 10.5 Å². The van der Waals surface area contributed by atoms with Crippen molar-refractivity contribution in [3.8, 4) is 0 Å². The van der Waals surface area contributed by atoms with Crippen molar-refractivity contribution in [3.63, 3.8) is 0 Å². The predicted molar refractivity (Wildman–Crippen MR) is 106 cm³/mol. The first-order chi connectivity index (χ1) is 12.8. The first-order valence-corrected chi connectivity index (χ1v) is 9.91. The van der Waals surface area contributed by atoms with E-state index in [2.05, 4.69) is 5.32 Å². The Kier molecular flexibility index (Phi) is 5.86. The van der Waals surface area contributed by atoms with Gasteiger partial charge < -0.3 is 20.7 Å². The standard InChI is InChI=1S/C21H31N3O3/c1-14-12-24(13-15(2)27-14)20(26)16-7-9-17(10-8-16)23-19(25)18-6-4-5-11-21(18,3)22/h7-10,14-15,18H,4-6,11-13,22H2,1-3H3,(H,23,25). The summed E-state index contributed by atoms with van der Waals surface area (Å²) in [5.41, 5.74) is 7.18. The van der Waals surface area contributed by atoms with Gasteiger partial charge in [-0.2, -0.15) is 0 Å². The topological polar surface area (TPSA) is 84.7 Å². The molecule has 6 heteroatoms. The van der Waals surface area contributed by atoms with Crippen molar-refractivity contribution in [1.29, 1.82) is 0 Å². The highest BCUT2D eigenvalue weighted by molar-refractivity contribution is 5.96. The summed E-state index contributed by atoms with van der Waals surface area (Å²) in [6.45, 7) is 7.11. The van der Waals surface area contributed by atoms with Crippen LogP contribution in [0.5, 0.6) is 0 Å². The van der Waals surface area contributed by atoms with Crippen molar-refractivity contribution in [3.05, 3.63) is 29.8 Å². The van der Waals surface area contributed by atoms with Crippen LogP contribution in [0.15, 0.2) is 24.3 Å². The molecular weight excluding hydrogens is 342 g/mol. The van der Waals surface area contributed by atoms with Gasteiger partial charge in [0.25, 0.3) is 5.91 Å². The predicted octanol–water partition coefficient (Wildman–Crippen LogP) is 2.78. The number of rotatable bonds is 3. The Balaban J connectivity index is 1.63. The lowest BCUT2D eigenvalue weighted by atomic mass is 9.74. The van der Waals surface area contributed by atoms with Crippen molar-refractivity contribution >= 4 is 17.5 Å². The van der Waals surface area contributed by atoms with Crippen molar-refractivity contribution in [2.75, 3.05) is 18.4 Å². The molecule has 148 valence electrons. The Morgan fingerprint density at radius 2 is 1.78 bits per heavy atom. The number of ether oxygens (including phenoxy) is 1. The summed E-state index contributed by atoms with van der Waals surface area (Å²) in [6.07, 6.45) is 3.88. The van der Waals surface area contributed by atoms with E-state index < -0.39 is 5.54 Å². The number of anilines is 1. The fourth-order valence-corrected chi connectivity index (χ4v) is 4.24. The number of benzene rings is 1. The molecule has 2 amide bonds. The Morgan fingerprint density at radius 3 is 2.37 bits per heavy atom. The van der Waals surface area contributed by atoms with Crippen LogP contribution in [0.2, 0.25) is 0 Å². The smallest absolute Gasteiger partial charge is 0.254 e. The van der Waals surface area contributed by atoms with E-state index in [1.165, 1.54) is 0 Å². The van der Waals surface area contributed by atoms with Crippen molar-refractivity contribution in [1.82, 2.24) is 4.90 Å². The molecule has 2 fully saturated rings. The first-order valence-electron chi connectivity index (χ1n) is 9.91.